The van der Waals surface area contributed by atoms with Crippen molar-refractivity contribution >= 4 is 0 Å². The first-order chi connectivity index (χ1) is 43.9. The number of hydrogen-bond acceptors (Lipinski definition) is 10. The minimum atomic E-state index is -0.193. The molecule has 0 atom stereocenters. The van der Waals surface area contributed by atoms with E-state index in [-0.39, 0.29) is 32.9 Å². The van der Waals surface area contributed by atoms with E-state index in [0.717, 1.165) is 40.7 Å². The summed E-state index contributed by atoms with van der Waals surface area (Å²) in [4.78, 5) is 21.3. The van der Waals surface area contributed by atoms with Crippen molar-refractivity contribution in [2.75, 3.05) is 6.61 Å². The zero-order valence-corrected chi connectivity index (χ0v) is 59.0. The van der Waals surface area contributed by atoms with Crippen LogP contribution in [0, 0.1) is 32.5 Å². The van der Waals surface area contributed by atoms with Crippen molar-refractivity contribution in [3.8, 4) is 29.4 Å². The highest BCUT2D eigenvalue weighted by atomic mass is 19.1. The fourth-order valence-corrected chi connectivity index (χ4v) is 9.52. The number of benzene rings is 4. The summed E-state index contributed by atoms with van der Waals surface area (Å²) in [6.07, 6.45) is 14.4. The Kier molecular flexibility index (Phi) is 27.3. The number of halogens is 1. The van der Waals surface area contributed by atoms with E-state index in [9.17, 15) is 4.39 Å². The molecule has 11 heteroatoms. The van der Waals surface area contributed by atoms with Gasteiger partial charge < -0.3 is 23.7 Å². The summed E-state index contributed by atoms with van der Waals surface area (Å²) in [5.74, 6) is 3.99. The lowest BCUT2D eigenvalue weighted by molar-refractivity contribution is 0.243. The molecule has 1 aliphatic rings. The maximum atomic E-state index is 13.2. The highest BCUT2D eigenvalue weighted by Gasteiger charge is 2.20. The maximum Gasteiger partial charge on any atom is 0.213 e. The molecule has 10 rings (SSSR count). The van der Waals surface area contributed by atoms with Gasteiger partial charge in [-0.2, -0.15) is 0 Å². The van der Waals surface area contributed by atoms with Crippen LogP contribution in [0.25, 0.3) is 0 Å². The summed E-state index contributed by atoms with van der Waals surface area (Å²) in [7, 11) is 0. The van der Waals surface area contributed by atoms with Crippen molar-refractivity contribution in [2.45, 2.75) is 204 Å². The van der Waals surface area contributed by atoms with Crippen molar-refractivity contribution in [1.29, 1.82) is 0 Å². The molecular formula is C82H104FN5O5. The van der Waals surface area contributed by atoms with Gasteiger partial charge >= 0.3 is 0 Å². The molecule has 0 radical (unpaired) electrons. The average molecular weight is 1260 g/mol. The van der Waals surface area contributed by atoms with Gasteiger partial charge in [0.1, 0.15) is 32.2 Å². The Morgan fingerprint density at radius 1 is 0.333 bits per heavy atom. The molecule has 0 N–H and O–H groups in total. The summed E-state index contributed by atoms with van der Waals surface area (Å²) >= 11 is 0. The third-order valence-corrected chi connectivity index (χ3v) is 15.8. The second kappa shape index (κ2) is 34.5. The van der Waals surface area contributed by atoms with E-state index in [1.807, 2.05) is 97.5 Å². The van der Waals surface area contributed by atoms with E-state index < -0.39 is 0 Å². The van der Waals surface area contributed by atoms with Crippen molar-refractivity contribution in [3.63, 3.8) is 0 Å². The first kappa shape index (κ1) is 73.6. The molecule has 93 heavy (non-hydrogen) atoms. The van der Waals surface area contributed by atoms with E-state index in [4.69, 9.17) is 23.7 Å². The van der Waals surface area contributed by atoms with Crippen molar-refractivity contribution < 1.29 is 28.1 Å². The summed E-state index contributed by atoms with van der Waals surface area (Å²) in [5.41, 5.74) is 14.3. The van der Waals surface area contributed by atoms with Gasteiger partial charge in [0.2, 0.25) is 29.4 Å². The van der Waals surface area contributed by atoms with Gasteiger partial charge in [0, 0.05) is 61.3 Å². The molecule has 0 aliphatic heterocycles. The summed E-state index contributed by atoms with van der Waals surface area (Å²) in [6.45, 7) is 41.6. The van der Waals surface area contributed by atoms with Gasteiger partial charge in [0.15, 0.2) is 0 Å². The molecule has 5 heterocycles. The second-order valence-corrected chi connectivity index (χ2v) is 29.3. The predicted octanol–water partition coefficient (Wildman–Crippen LogP) is 20.8. The molecule has 0 saturated heterocycles. The molecule has 1 aliphatic carbocycles. The molecule has 4 aromatic carbocycles. The Labute approximate surface area is 557 Å². The van der Waals surface area contributed by atoms with Gasteiger partial charge in [-0.3, -0.25) is 0 Å². The van der Waals surface area contributed by atoms with E-state index in [1.165, 1.54) is 70.7 Å². The number of aryl methyl sites for hydroxylation is 3. The lowest BCUT2D eigenvalue weighted by Crippen LogP contribution is -2.13. The minimum absolute atomic E-state index is 0.0630. The lowest BCUT2D eigenvalue weighted by Gasteiger charge is -2.19. The zero-order valence-electron chi connectivity index (χ0n) is 59.0. The fraction of sp³-hybridized carbons (Fsp3) is 0.402. The van der Waals surface area contributed by atoms with Crippen LogP contribution < -0.4 is 23.7 Å². The predicted molar refractivity (Wildman–Crippen MR) is 379 cm³/mol. The summed E-state index contributed by atoms with van der Waals surface area (Å²) in [6, 6.07) is 52.1. The first-order valence-corrected chi connectivity index (χ1v) is 32.7. The Hall–Kier alpha value is -8.44. The Balaban J connectivity index is 0.000000185. The number of pyridine rings is 5. The van der Waals surface area contributed by atoms with Crippen LogP contribution in [0.3, 0.4) is 0 Å². The van der Waals surface area contributed by atoms with E-state index in [0.29, 0.717) is 55.5 Å². The van der Waals surface area contributed by atoms with E-state index in [2.05, 4.69) is 203 Å². The van der Waals surface area contributed by atoms with Gasteiger partial charge in [0.25, 0.3) is 0 Å². The molecule has 9 aromatic rings. The highest BCUT2D eigenvalue weighted by Crippen LogP contribution is 2.30. The normalized spacial score (nSPS) is 12.5. The fourth-order valence-electron chi connectivity index (χ4n) is 9.52. The molecular weight excluding hydrogens is 1150 g/mol. The smallest absolute Gasteiger partial charge is 0.213 e. The average Bonchev–Trinajstić information content (AvgIpc) is 1.96. The molecule has 0 amide bonds. The Bertz CT molecular complexity index is 3560. The van der Waals surface area contributed by atoms with Crippen LogP contribution in [0.2, 0.25) is 0 Å². The SMILES string of the molecule is CC(C)(C)c1ccnc(OCC2CCCC2)c1.CC(C)(C)c1ccnc(OCc2ccccc2)c1.Cc1cc(COc2cc(C(C)(C)C)ccn2)ccc1F.Cc1ccc(COc2cc(C(C)(C)C)ccn2)cc1.Cc1ccc(COc2cc(C(C)(C)C)ccn2)cc1. The standard InChI is InChI=1S/C17H20FNO.2C17H21NO.C16H19NO.C15H23NO/c1-12-9-13(5-6-15(12)18)11-20-16-10-14(7-8-19-16)17(2,3)4;2*1-13-5-7-14(8-6-13)12-19-16-11-15(9-10-18-16)17(2,3)4;1-16(2,3)14-9-10-17-15(11-14)18-12-13-7-5-4-6-8-13;1-15(2,3)13-8-9-16-14(10-13)17-11-12-6-4-5-7-12/h5-10H,11H2,1-4H3;2*5-11H,12H2,1-4H3;4-11H,12H2,1-3H3;8-10,12H,4-7,11H2,1-3H3. The summed E-state index contributed by atoms with van der Waals surface area (Å²) < 4.78 is 41.9. The number of aromatic nitrogens is 5. The topological polar surface area (TPSA) is 111 Å². The van der Waals surface area contributed by atoms with Gasteiger partial charge in [-0.1, -0.05) is 213 Å². The van der Waals surface area contributed by atoms with Crippen LogP contribution >= 0.6 is 0 Å². The Morgan fingerprint density at radius 2 is 0.613 bits per heavy atom. The highest BCUT2D eigenvalue weighted by molar-refractivity contribution is 5.32. The van der Waals surface area contributed by atoms with E-state index in [1.54, 1.807) is 31.5 Å². The summed E-state index contributed by atoms with van der Waals surface area (Å²) in [5, 5.41) is 0. The largest absolute Gasteiger partial charge is 0.477 e. The molecule has 494 valence electrons. The third-order valence-electron chi connectivity index (χ3n) is 15.8. The minimum Gasteiger partial charge on any atom is -0.477 e. The molecule has 1 fully saturated rings. The van der Waals surface area contributed by atoms with Crippen LogP contribution in [0.5, 0.6) is 29.4 Å². The van der Waals surface area contributed by atoms with Crippen molar-refractivity contribution in [2.24, 2.45) is 5.92 Å². The Morgan fingerprint density at radius 3 is 0.914 bits per heavy atom. The van der Waals surface area contributed by atoms with Crippen LogP contribution in [0.4, 0.5) is 4.39 Å². The van der Waals surface area contributed by atoms with Crippen LogP contribution in [-0.4, -0.2) is 31.5 Å². The zero-order chi connectivity index (χ0) is 67.8. The second-order valence-electron chi connectivity index (χ2n) is 29.3. The third kappa shape index (κ3) is 26.6. The quantitative estimate of drug-likeness (QED) is 0.0984. The first-order valence-electron chi connectivity index (χ1n) is 32.7. The number of nitrogens with zero attached hydrogens (tertiary/aromatic N) is 5. The van der Waals surface area contributed by atoms with Crippen LogP contribution in [0.1, 0.15) is 196 Å². The molecule has 1 saturated carbocycles. The van der Waals surface area contributed by atoms with Gasteiger partial charge in [-0.25, -0.2) is 29.3 Å². The molecule has 5 aromatic heterocycles. The molecule has 10 nitrogen and oxygen atoms in total. The van der Waals surface area contributed by atoms with E-state index >= 15 is 0 Å². The van der Waals surface area contributed by atoms with Crippen molar-refractivity contribution in [1.82, 2.24) is 24.9 Å². The number of hydrogen-bond donors (Lipinski definition) is 0. The number of ether oxygens (including phenoxy) is 5. The van der Waals surface area contributed by atoms with Crippen molar-refractivity contribution in [3.05, 3.63) is 261 Å². The van der Waals surface area contributed by atoms with Gasteiger partial charge in [-0.05, 0) is 165 Å². The van der Waals surface area contributed by atoms with Crippen LogP contribution in [0.15, 0.2) is 189 Å². The molecule has 0 spiro atoms. The van der Waals surface area contributed by atoms with Gasteiger partial charge in [-0.15, -0.1) is 0 Å². The molecule has 0 bridgehead atoms. The maximum absolute atomic E-state index is 13.2. The van der Waals surface area contributed by atoms with Gasteiger partial charge in [0.05, 0.1) is 6.61 Å². The number of rotatable bonds is 15. The van der Waals surface area contributed by atoms with Crippen LogP contribution in [-0.2, 0) is 53.5 Å². The lowest BCUT2D eigenvalue weighted by atomic mass is 9.88. The monoisotopic (exact) mass is 1260 g/mol. The molecule has 0 unspecified atom stereocenters.